The summed E-state index contributed by atoms with van der Waals surface area (Å²) in [4.78, 5) is 11.0. The van der Waals surface area contributed by atoms with Crippen molar-refractivity contribution in [3.8, 4) is 6.07 Å². The molecule has 0 bridgehead atoms. The highest BCUT2D eigenvalue weighted by Gasteiger charge is 2.05. The van der Waals surface area contributed by atoms with E-state index in [1.807, 2.05) is 0 Å². The molecule has 1 rings (SSSR count). The van der Waals surface area contributed by atoms with Crippen molar-refractivity contribution < 1.29 is 13.4 Å². The normalized spacial score (nSPS) is 9.21. The first-order chi connectivity index (χ1) is 6.63. The van der Waals surface area contributed by atoms with Gasteiger partial charge in [-0.25, -0.2) is 9.18 Å². The van der Waals surface area contributed by atoms with Gasteiger partial charge in [-0.15, -0.1) is 0 Å². The lowest BCUT2D eigenvalue weighted by atomic mass is 10.2. The van der Waals surface area contributed by atoms with Crippen molar-refractivity contribution in [2.45, 2.75) is 4.90 Å². The van der Waals surface area contributed by atoms with Crippen LogP contribution in [0.2, 0.25) is 0 Å². The summed E-state index contributed by atoms with van der Waals surface area (Å²) in [6, 6.07) is 5.60. The van der Waals surface area contributed by atoms with Crippen LogP contribution in [0, 0.1) is 17.1 Å². The summed E-state index contributed by atoms with van der Waals surface area (Å²) >= 11 is 2.26. The maximum atomic E-state index is 12.8. The smallest absolute Gasteiger partial charge is 0.378 e. The van der Waals surface area contributed by atoms with Crippen molar-refractivity contribution in [3.63, 3.8) is 0 Å². The Hall–Kier alpha value is -0.810. The van der Waals surface area contributed by atoms with Gasteiger partial charge in [-0.2, -0.15) is 5.26 Å². The maximum Gasteiger partial charge on any atom is 0.379 e. The molecule has 0 saturated heterocycles. The Labute approximate surface area is 97.6 Å². The zero-order valence-corrected chi connectivity index (χ0v) is 9.63. The van der Waals surface area contributed by atoms with Gasteiger partial charge in [-0.1, -0.05) is 0 Å². The molecule has 0 aliphatic heterocycles. The lowest BCUT2D eigenvalue weighted by Crippen LogP contribution is -1.86. The fraction of sp³-hybridized carbons (Fsp3) is 0. The van der Waals surface area contributed by atoms with Gasteiger partial charge < -0.3 is 4.18 Å². The van der Waals surface area contributed by atoms with Crippen LogP contribution in [-0.4, -0.2) is 3.98 Å². The molecule has 14 heavy (non-hydrogen) atoms. The van der Waals surface area contributed by atoms with Gasteiger partial charge in [-0.3, -0.25) is 0 Å². The van der Waals surface area contributed by atoms with E-state index in [1.165, 1.54) is 34.7 Å². The Morgan fingerprint density at radius 2 is 2.36 bits per heavy atom. The van der Waals surface area contributed by atoms with Crippen LogP contribution in [0.3, 0.4) is 0 Å². The van der Waals surface area contributed by atoms with Crippen LogP contribution in [0.25, 0.3) is 0 Å². The monoisotopic (exact) mass is 323 g/mol. The van der Waals surface area contributed by atoms with Gasteiger partial charge in [0.15, 0.2) is 0 Å². The molecule has 0 spiro atoms. The van der Waals surface area contributed by atoms with Crippen molar-refractivity contribution in [2.24, 2.45) is 0 Å². The van der Waals surface area contributed by atoms with Crippen LogP contribution in [0.1, 0.15) is 5.56 Å². The molecule has 3 nitrogen and oxygen atoms in total. The molecule has 0 aliphatic carbocycles. The summed E-state index contributed by atoms with van der Waals surface area (Å²) in [6.07, 6.45) is 0. The molecule has 0 unspecified atom stereocenters. The zero-order valence-electron chi connectivity index (χ0n) is 6.66. The molecule has 6 heteroatoms. The van der Waals surface area contributed by atoms with E-state index >= 15 is 0 Å². The fourth-order valence-corrected chi connectivity index (χ4v) is 1.44. The molecule has 1 aromatic rings. The van der Waals surface area contributed by atoms with Crippen LogP contribution < -0.4 is 0 Å². The maximum absolute atomic E-state index is 12.8. The fourth-order valence-electron chi connectivity index (χ4n) is 0.723. The van der Waals surface area contributed by atoms with Crippen LogP contribution in [0.5, 0.6) is 0 Å². The van der Waals surface area contributed by atoms with Gasteiger partial charge in [-0.05, 0) is 18.2 Å². The summed E-state index contributed by atoms with van der Waals surface area (Å²) in [5.74, 6) is -0.586. The Morgan fingerprint density at radius 1 is 1.64 bits per heavy atom. The van der Waals surface area contributed by atoms with E-state index in [1.54, 1.807) is 6.07 Å². The summed E-state index contributed by atoms with van der Waals surface area (Å²) in [6.45, 7) is 0. The number of benzene rings is 1. The minimum atomic E-state index is -0.586. The third-order valence-corrected chi connectivity index (χ3v) is 2.46. The van der Waals surface area contributed by atoms with E-state index in [0.29, 0.717) is 4.90 Å². The van der Waals surface area contributed by atoms with Crippen LogP contribution in [0.15, 0.2) is 23.1 Å². The second-order valence-electron chi connectivity index (χ2n) is 2.16. The highest BCUT2D eigenvalue weighted by Crippen LogP contribution is 2.22. The lowest BCUT2D eigenvalue weighted by Gasteiger charge is -1.99. The van der Waals surface area contributed by atoms with E-state index in [9.17, 15) is 9.18 Å². The lowest BCUT2D eigenvalue weighted by molar-refractivity contribution is 0.237. The molecule has 0 aromatic heterocycles. The molecule has 0 aliphatic rings. The third kappa shape index (κ3) is 3.16. The van der Waals surface area contributed by atoms with E-state index < -0.39 is 9.79 Å². The Bertz CT molecular complexity index is 405. The second kappa shape index (κ2) is 5.17. The predicted molar refractivity (Wildman–Crippen MR) is 57.5 cm³/mol. The zero-order chi connectivity index (χ0) is 10.6. The van der Waals surface area contributed by atoms with Crippen molar-refractivity contribution in [1.82, 2.24) is 0 Å². The Morgan fingerprint density at radius 3 is 2.93 bits per heavy atom. The number of carbonyl (C=O) groups is 1. The van der Waals surface area contributed by atoms with E-state index in [-0.39, 0.29) is 5.56 Å². The first kappa shape index (κ1) is 11.3. The van der Waals surface area contributed by atoms with E-state index in [2.05, 4.69) is 4.18 Å². The number of nitrogens with zero attached hydrogens (tertiary/aromatic N) is 1. The number of carbonyl (C=O) groups excluding carboxylic acids is 1. The number of rotatable bonds is 2. The quantitative estimate of drug-likeness (QED) is 0.476. The van der Waals surface area contributed by atoms with Crippen molar-refractivity contribution in [3.05, 3.63) is 29.6 Å². The number of hydrogen-bond donors (Lipinski definition) is 0. The van der Waals surface area contributed by atoms with Gasteiger partial charge in [0.05, 0.1) is 40.2 Å². The van der Waals surface area contributed by atoms with E-state index in [0.717, 1.165) is 18.1 Å². The van der Waals surface area contributed by atoms with Crippen molar-refractivity contribution in [1.29, 1.82) is 5.26 Å². The third-order valence-electron chi connectivity index (χ3n) is 1.26. The predicted octanol–water partition coefficient (Wildman–Crippen LogP) is 3.28. The van der Waals surface area contributed by atoms with Gasteiger partial charge in [0, 0.05) is 4.90 Å². The highest BCUT2D eigenvalue weighted by molar-refractivity contribution is 14.1. The van der Waals surface area contributed by atoms with Crippen LogP contribution in [-0.2, 0) is 4.18 Å². The Balaban J connectivity index is 2.80. The Kier molecular flexibility index (Phi) is 4.16. The van der Waals surface area contributed by atoms with Gasteiger partial charge in [0.2, 0.25) is 0 Å². The number of nitriles is 1. The van der Waals surface area contributed by atoms with Gasteiger partial charge in [0.1, 0.15) is 11.9 Å². The average Bonchev–Trinajstić information content (AvgIpc) is 2.16. The summed E-state index contributed by atoms with van der Waals surface area (Å²) in [5, 5.41) is 8.51. The molecule has 0 heterocycles. The number of halogens is 2. The summed E-state index contributed by atoms with van der Waals surface area (Å²) in [5.41, 5.74) is -0.0699. The van der Waals surface area contributed by atoms with E-state index in [4.69, 9.17) is 5.26 Å². The minimum Gasteiger partial charge on any atom is -0.378 e. The molecule has 1 aromatic carbocycles. The van der Waals surface area contributed by atoms with Crippen LogP contribution in [0.4, 0.5) is 9.18 Å². The van der Waals surface area contributed by atoms with Crippen molar-refractivity contribution >= 4 is 38.6 Å². The van der Waals surface area contributed by atoms with Gasteiger partial charge in [0.25, 0.3) is 0 Å². The molecule has 0 saturated carbocycles. The average molecular weight is 323 g/mol. The van der Waals surface area contributed by atoms with Crippen LogP contribution >= 0.6 is 34.6 Å². The number of hydrogen-bond acceptors (Lipinski definition) is 4. The second-order valence-corrected chi connectivity index (χ2v) is 3.84. The molecule has 72 valence electrons. The first-order valence-electron chi connectivity index (χ1n) is 3.37. The molecule has 0 fully saturated rings. The molecule has 0 amide bonds. The highest BCUT2D eigenvalue weighted by atomic mass is 127. The van der Waals surface area contributed by atoms with Gasteiger partial charge >= 0.3 is 3.98 Å². The molecular weight excluding hydrogens is 320 g/mol. The molecule has 0 N–H and O–H groups in total. The SMILES string of the molecule is N#Cc1cc(SOC(=O)I)ccc1F. The van der Waals surface area contributed by atoms with Crippen molar-refractivity contribution in [2.75, 3.05) is 0 Å². The summed E-state index contributed by atoms with van der Waals surface area (Å²) < 4.78 is 17.0. The molecule has 0 atom stereocenters. The minimum absolute atomic E-state index is 0.0699. The molecular formula is C8H3FINO2S. The largest absolute Gasteiger partial charge is 0.379 e. The summed E-state index contributed by atoms with van der Waals surface area (Å²) in [7, 11) is 0. The standard InChI is InChI=1S/C8H3FINO2S/c9-7-2-1-6(3-5(7)4-11)14-13-8(10)12/h1-3H. The topological polar surface area (TPSA) is 50.1 Å². The first-order valence-corrected chi connectivity index (χ1v) is 5.19. The molecule has 0 radical (unpaired) electrons.